The molecule has 1 amide bonds. The van der Waals surface area contributed by atoms with Crippen LogP contribution in [0.5, 0.6) is 11.5 Å². The first kappa shape index (κ1) is 17.5. The molecule has 132 valence electrons. The quantitative estimate of drug-likeness (QED) is 0.703. The van der Waals surface area contributed by atoms with Crippen molar-refractivity contribution in [3.8, 4) is 11.5 Å². The van der Waals surface area contributed by atoms with Crippen LogP contribution in [0.2, 0.25) is 0 Å². The van der Waals surface area contributed by atoms with Gasteiger partial charge in [-0.2, -0.15) is 0 Å². The van der Waals surface area contributed by atoms with Gasteiger partial charge in [0.1, 0.15) is 11.5 Å². The summed E-state index contributed by atoms with van der Waals surface area (Å²) < 4.78 is 10.7. The number of benzene rings is 3. The van der Waals surface area contributed by atoms with Gasteiger partial charge < -0.3 is 14.8 Å². The van der Waals surface area contributed by atoms with Gasteiger partial charge in [-0.05, 0) is 35.4 Å². The first-order chi connectivity index (χ1) is 12.8. The van der Waals surface area contributed by atoms with Gasteiger partial charge in [0.25, 0.3) is 5.91 Å². The number of carbonyl (C=O) groups excluding carboxylic acids is 1. The molecule has 3 rings (SSSR count). The minimum absolute atomic E-state index is 0.0531. The van der Waals surface area contributed by atoms with E-state index in [1.165, 1.54) is 0 Å². The standard InChI is InChI=1S/C22H21NO3/c1-25-19-12-14-20(15-13-19)26-16-21(24)23-22(17-8-4-2-5-9-17)18-10-6-3-7-11-18/h2-15,22H,16H2,1H3,(H,23,24). The van der Waals surface area contributed by atoms with Crippen LogP contribution in [0.4, 0.5) is 0 Å². The van der Waals surface area contributed by atoms with Crippen LogP contribution >= 0.6 is 0 Å². The molecule has 0 atom stereocenters. The van der Waals surface area contributed by atoms with Gasteiger partial charge in [0.05, 0.1) is 13.2 Å². The van der Waals surface area contributed by atoms with Crippen molar-refractivity contribution in [2.24, 2.45) is 0 Å². The fourth-order valence-electron chi connectivity index (χ4n) is 2.67. The molecule has 0 heterocycles. The maximum atomic E-state index is 12.4. The minimum Gasteiger partial charge on any atom is -0.497 e. The van der Waals surface area contributed by atoms with Crippen LogP contribution in [0.3, 0.4) is 0 Å². The van der Waals surface area contributed by atoms with Gasteiger partial charge in [-0.1, -0.05) is 60.7 Å². The Kier molecular flexibility index (Phi) is 5.88. The third-order valence-electron chi connectivity index (χ3n) is 4.00. The molecule has 0 radical (unpaired) electrons. The Labute approximate surface area is 153 Å². The molecule has 0 saturated carbocycles. The molecule has 0 unspecified atom stereocenters. The van der Waals surface area contributed by atoms with Crippen molar-refractivity contribution in [3.63, 3.8) is 0 Å². The first-order valence-corrected chi connectivity index (χ1v) is 8.42. The zero-order valence-corrected chi connectivity index (χ0v) is 14.6. The van der Waals surface area contributed by atoms with E-state index in [2.05, 4.69) is 5.32 Å². The monoisotopic (exact) mass is 347 g/mol. The van der Waals surface area contributed by atoms with Gasteiger partial charge >= 0.3 is 0 Å². The van der Waals surface area contributed by atoms with E-state index in [4.69, 9.17) is 9.47 Å². The molecule has 0 aliphatic carbocycles. The molecule has 3 aromatic rings. The lowest BCUT2D eigenvalue weighted by Crippen LogP contribution is -2.33. The molecule has 0 aliphatic rings. The van der Waals surface area contributed by atoms with Gasteiger partial charge in [-0.25, -0.2) is 0 Å². The highest BCUT2D eigenvalue weighted by Gasteiger charge is 2.16. The highest BCUT2D eigenvalue weighted by molar-refractivity contribution is 5.78. The number of ether oxygens (including phenoxy) is 2. The Morgan fingerprint density at radius 2 is 1.31 bits per heavy atom. The van der Waals surface area contributed by atoms with Crippen LogP contribution in [0.1, 0.15) is 17.2 Å². The van der Waals surface area contributed by atoms with Crippen molar-refractivity contribution in [1.82, 2.24) is 5.32 Å². The summed E-state index contributed by atoms with van der Waals surface area (Å²) in [6.45, 7) is -0.0531. The third-order valence-corrected chi connectivity index (χ3v) is 4.00. The van der Waals surface area contributed by atoms with Crippen molar-refractivity contribution in [2.75, 3.05) is 13.7 Å². The summed E-state index contributed by atoms with van der Waals surface area (Å²) in [7, 11) is 1.61. The summed E-state index contributed by atoms with van der Waals surface area (Å²) >= 11 is 0. The number of methoxy groups -OCH3 is 1. The van der Waals surface area contributed by atoms with E-state index >= 15 is 0 Å². The molecule has 26 heavy (non-hydrogen) atoms. The average molecular weight is 347 g/mol. The zero-order valence-electron chi connectivity index (χ0n) is 14.6. The SMILES string of the molecule is COc1ccc(OCC(=O)NC(c2ccccc2)c2ccccc2)cc1. The van der Waals surface area contributed by atoms with E-state index in [-0.39, 0.29) is 18.6 Å². The van der Waals surface area contributed by atoms with Gasteiger partial charge in [-0.3, -0.25) is 4.79 Å². The second kappa shape index (κ2) is 8.72. The normalized spacial score (nSPS) is 10.4. The van der Waals surface area contributed by atoms with Crippen LogP contribution in [-0.2, 0) is 4.79 Å². The van der Waals surface area contributed by atoms with Gasteiger partial charge in [-0.15, -0.1) is 0 Å². The Hall–Kier alpha value is -3.27. The maximum Gasteiger partial charge on any atom is 0.258 e. The van der Waals surface area contributed by atoms with Crippen molar-refractivity contribution in [1.29, 1.82) is 0 Å². The molecule has 0 bridgehead atoms. The molecular weight excluding hydrogens is 326 g/mol. The van der Waals surface area contributed by atoms with Gasteiger partial charge in [0.2, 0.25) is 0 Å². The summed E-state index contributed by atoms with van der Waals surface area (Å²) in [6.07, 6.45) is 0. The molecule has 4 heteroatoms. The number of rotatable bonds is 7. The summed E-state index contributed by atoms with van der Waals surface area (Å²) in [5.74, 6) is 1.19. The number of carbonyl (C=O) groups is 1. The van der Waals surface area contributed by atoms with Crippen molar-refractivity contribution in [2.45, 2.75) is 6.04 Å². The van der Waals surface area contributed by atoms with E-state index in [0.29, 0.717) is 5.75 Å². The zero-order chi connectivity index (χ0) is 18.2. The lowest BCUT2D eigenvalue weighted by molar-refractivity contribution is -0.123. The predicted octanol–water partition coefficient (Wildman–Crippen LogP) is 3.98. The number of amides is 1. The summed E-state index contributed by atoms with van der Waals surface area (Å²) in [5, 5.41) is 3.05. The largest absolute Gasteiger partial charge is 0.497 e. The molecule has 3 aromatic carbocycles. The van der Waals surface area contributed by atoms with E-state index in [1.807, 2.05) is 60.7 Å². The van der Waals surface area contributed by atoms with Crippen molar-refractivity contribution < 1.29 is 14.3 Å². The molecule has 0 saturated heterocycles. The Balaban J connectivity index is 1.67. The fourth-order valence-corrected chi connectivity index (χ4v) is 2.67. The van der Waals surface area contributed by atoms with Crippen molar-refractivity contribution in [3.05, 3.63) is 96.1 Å². The second-order valence-corrected chi connectivity index (χ2v) is 5.79. The third kappa shape index (κ3) is 4.63. The van der Waals surface area contributed by atoms with Crippen LogP contribution < -0.4 is 14.8 Å². The van der Waals surface area contributed by atoms with Crippen LogP contribution in [-0.4, -0.2) is 19.6 Å². The van der Waals surface area contributed by atoms with Crippen LogP contribution in [0.15, 0.2) is 84.9 Å². The lowest BCUT2D eigenvalue weighted by Gasteiger charge is -2.20. The van der Waals surface area contributed by atoms with E-state index < -0.39 is 0 Å². The summed E-state index contributed by atoms with van der Waals surface area (Å²) in [6, 6.07) is 26.7. The molecule has 4 nitrogen and oxygen atoms in total. The van der Waals surface area contributed by atoms with E-state index in [9.17, 15) is 4.79 Å². The molecule has 0 spiro atoms. The minimum atomic E-state index is -0.218. The number of hydrogen-bond acceptors (Lipinski definition) is 3. The van der Waals surface area contributed by atoms with Gasteiger partial charge in [0.15, 0.2) is 6.61 Å². The smallest absolute Gasteiger partial charge is 0.258 e. The predicted molar refractivity (Wildman–Crippen MR) is 101 cm³/mol. The number of nitrogens with one attached hydrogen (secondary N) is 1. The lowest BCUT2D eigenvalue weighted by atomic mass is 9.99. The van der Waals surface area contributed by atoms with Crippen molar-refractivity contribution >= 4 is 5.91 Å². The van der Waals surface area contributed by atoms with Gasteiger partial charge in [0, 0.05) is 0 Å². The molecular formula is C22H21NO3. The van der Waals surface area contributed by atoms with Crippen LogP contribution in [0, 0.1) is 0 Å². The summed E-state index contributed by atoms with van der Waals surface area (Å²) in [5.41, 5.74) is 2.05. The second-order valence-electron chi connectivity index (χ2n) is 5.79. The Morgan fingerprint density at radius 1 is 0.808 bits per heavy atom. The highest BCUT2D eigenvalue weighted by atomic mass is 16.5. The summed E-state index contributed by atoms with van der Waals surface area (Å²) in [4.78, 5) is 12.4. The molecule has 1 N–H and O–H groups in total. The topological polar surface area (TPSA) is 47.6 Å². The Morgan fingerprint density at radius 3 is 1.81 bits per heavy atom. The molecule has 0 fully saturated rings. The average Bonchev–Trinajstić information content (AvgIpc) is 2.72. The fraction of sp³-hybridized carbons (Fsp3) is 0.136. The van der Waals surface area contributed by atoms with E-state index in [0.717, 1.165) is 16.9 Å². The molecule has 0 aliphatic heterocycles. The van der Waals surface area contributed by atoms with Crippen LogP contribution in [0.25, 0.3) is 0 Å². The highest BCUT2D eigenvalue weighted by Crippen LogP contribution is 2.22. The van der Waals surface area contributed by atoms with E-state index in [1.54, 1.807) is 31.4 Å². The molecule has 0 aromatic heterocycles. The number of hydrogen-bond donors (Lipinski definition) is 1. The first-order valence-electron chi connectivity index (χ1n) is 8.42. The Bertz CT molecular complexity index is 778. The maximum absolute atomic E-state index is 12.4.